The number of nitrogens with zero attached hydrogens (tertiary/aromatic N) is 1. The molecule has 0 radical (unpaired) electrons. The number of hydrogen-bond donors (Lipinski definition) is 2. The molecule has 0 saturated carbocycles. The lowest BCUT2D eigenvalue weighted by molar-refractivity contribution is -0.149. The third-order valence-electron chi connectivity index (χ3n) is 1.41. The van der Waals surface area contributed by atoms with E-state index in [9.17, 15) is 9.59 Å². The molecule has 5 nitrogen and oxygen atoms in total. The fraction of sp³-hybridized carbons (Fsp3) is 0.714. The van der Waals surface area contributed by atoms with Crippen LogP contribution < -0.4 is 5.32 Å². The first-order chi connectivity index (χ1) is 5.66. The number of rotatable bonds is 1. The third kappa shape index (κ3) is 1.94. The summed E-state index contributed by atoms with van der Waals surface area (Å²) < 4.78 is 0. The molecule has 1 heterocycles. The molecule has 0 aromatic rings. The van der Waals surface area contributed by atoms with Crippen molar-refractivity contribution in [1.82, 2.24) is 10.4 Å². The normalized spacial score (nSPS) is 21.7. The van der Waals surface area contributed by atoms with Gasteiger partial charge in [-0.1, -0.05) is 20.8 Å². The Morgan fingerprint density at radius 3 is 2.17 bits per heavy atom. The third-order valence-corrected chi connectivity index (χ3v) is 1.41. The zero-order valence-electron chi connectivity index (χ0n) is 7.50. The lowest BCUT2D eigenvalue weighted by Crippen LogP contribution is -2.27. The van der Waals surface area contributed by atoms with Gasteiger partial charge in [-0.3, -0.25) is 10.0 Å². The highest BCUT2D eigenvalue weighted by atomic mass is 16.5. The van der Waals surface area contributed by atoms with Gasteiger partial charge in [-0.15, -0.1) is 5.06 Å². The molecule has 0 aromatic carbocycles. The van der Waals surface area contributed by atoms with Crippen molar-refractivity contribution in [3.05, 3.63) is 0 Å². The predicted octanol–water partition coefficient (Wildman–Crippen LogP) is 0.732. The molecule has 1 atom stereocenters. The summed E-state index contributed by atoms with van der Waals surface area (Å²) in [5.74, 6) is -0.576. The van der Waals surface area contributed by atoms with Crippen LogP contribution in [0.25, 0.3) is 0 Å². The summed E-state index contributed by atoms with van der Waals surface area (Å²) in [7, 11) is 0. The van der Waals surface area contributed by atoms with E-state index in [-0.39, 0.29) is 5.06 Å². The zero-order valence-corrected chi connectivity index (χ0v) is 7.50. The number of imide groups is 1. The number of hydroxylamine groups is 2. The van der Waals surface area contributed by atoms with Gasteiger partial charge in [0.1, 0.15) is 6.04 Å². The van der Waals surface area contributed by atoms with E-state index in [0.29, 0.717) is 6.42 Å². The van der Waals surface area contributed by atoms with Gasteiger partial charge >= 0.3 is 6.03 Å². The van der Waals surface area contributed by atoms with Gasteiger partial charge in [0.05, 0.1) is 0 Å². The fourth-order valence-electron chi connectivity index (χ4n) is 0.796. The first-order valence-corrected chi connectivity index (χ1v) is 4.00. The van der Waals surface area contributed by atoms with Gasteiger partial charge in [-0.2, -0.15) is 0 Å². The van der Waals surface area contributed by atoms with Gasteiger partial charge in [0, 0.05) is 0 Å². The monoisotopic (exact) mass is 174 g/mol. The van der Waals surface area contributed by atoms with Crippen molar-refractivity contribution in [3.63, 3.8) is 0 Å². The Hall–Kier alpha value is -1.10. The van der Waals surface area contributed by atoms with Crippen LogP contribution in [-0.4, -0.2) is 28.3 Å². The van der Waals surface area contributed by atoms with E-state index in [4.69, 9.17) is 5.21 Å². The van der Waals surface area contributed by atoms with Crippen molar-refractivity contribution in [3.8, 4) is 0 Å². The van der Waals surface area contributed by atoms with Crippen LogP contribution in [0.1, 0.15) is 27.2 Å². The summed E-state index contributed by atoms with van der Waals surface area (Å²) in [4.78, 5) is 21.2. The van der Waals surface area contributed by atoms with E-state index in [0.717, 1.165) is 0 Å². The van der Waals surface area contributed by atoms with Crippen LogP contribution in [0.5, 0.6) is 0 Å². The van der Waals surface area contributed by atoms with Gasteiger partial charge < -0.3 is 5.32 Å². The first kappa shape index (κ1) is 10.9. The molecule has 0 aliphatic carbocycles. The molecule has 70 valence electrons. The van der Waals surface area contributed by atoms with Crippen LogP contribution in [0.15, 0.2) is 0 Å². The van der Waals surface area contributed by atoms with Crippen LogP contribution >= 0.6 is 0 Å². The Labute approximate surface area is 71.3 Å². The zero-order chi connectivity index (χ0) is 9.72. The molecule has 2 N–H and O–H groups in total. The number of urea groups is 1. The SMILES string of the molecule is CC.CCC1NC(=O)N(O)C1=O. The molecule has 12 heavy (non-hydrogen) atoms. The van der Waals surface area contributed by atoms with Gasteiger partial charge in [0.25, 0.3) is 5.91 Å². The van der Waals surface area contributed by atoms with E-state index in [1.807, 2.05) is 13.8 Å². The molecule has 1 aliphatic heterocycles. The molecular formula is C7H14N2O3. The van der Waals surface area contributed by atoms with Crippen molar-refractivity contribution < 1.29 is 14.8 Å². The minimum atomic E-state index is -0.739. The van der Waals surface area contributed by atoms with E-state index >= 15 is 0 Å². The summed E-state index contributed by atoms with van der Waals surface area (Å²) in [6.07, 6.45) is 0.502. The Morgan fingerprint density at radius 2 is 2.00 bits per heavy atom. The molecule has 1 saturated heterocycles. The molecule has 0 spiro atoms. The Bertz CT molecular complexity index is 181. The van der Waals surface area contributed by atoms with E-state index in [1.165, 1.54) is 0 Å². The first-order valence-electron chi connectivity index (χ1n) is 4.00. The minimum absolute atomic E-state index is 0.105. The standard InChI is InChI=1S/C5H8N2O3.C2H6/c1-2-3-4(8)7(10)5(9)6-3;1-2/h3,10H,2H2,1H3,(H,6,9);1-2H3. The number of amides is 3. The Morgan fingerprint density at radius 1 is 1.50 bits per heavy atom. The van der Waals surface area contributed by atoms with Crippen molar-refractivity contribution in [1.29, 1.82) is 0 Å². The molecule has 1 aliphatic rings. The predicted molar refractivity (Wildman–Crippen MR) is 42.6 cm³/mol. The van der Waals surface area contributed by atoms with Crippen LogP contribution in [0.4, 0.5) is 4.79 Å². The van der Waals surface area contributed by atoms with Crippen molar-refractivity contribution in [2.24, 2.45) is 0 Å². The quantitative estimate of drug-likeness (QED) is 0.455. The molecule has 5 heteroatoms. The average Bonchev–Trinajstić information content (AvgIpc) is 2.36. The van der Waals surface area contributed by atoms with Crippen molar-refractivity contribution in [2.75, 3.05) is 0 Å². The van der Waals surface area contributed by atoms with Crippen LogP contribution in [0.3, 0.4) is 0 Å². The van der Waals surface area contributed by atoms with E-state index < -0.39 is 18.0 Å². The number of nitrogens with one attached hydrogen (secondary N) is 1. The van der Waals surface area contributed by atoms with Crippen LogP contribution in [-0.2, 0) is 4.79 Å². The highest BCUT2D eigenvalue weighted by molar-refractivity contribution is 6.02. The second kappa shape index (κ2) is 4.71. The molecular weight excluding hydrogens is 160 g/mol. The second-order valence-electron chi connectivity index (χ2n) is 2.06. The molecule has 1 fully saturated rings. The highest BCUT2D eigenvalue weighted by Crippen LogP contribution is 2.04. The Balaban J connectivity index is 0.000000561. The maximum absolute atomic E-state index is 10.7. The number of carbonyl (C=O) groups is 2. The maximum Gasteiger partial charge on any atom is 0.349 e. The summed E-state index contributed by atoms with van der Waals surface area (Å²) in [5, 5.41) is 11.0. The van der Waals surface area contributed by atoms with Crippen LogP contribution in [0.2, 0.25) is 0 Å². The number of carbonyl (C=O) groups excluding carboxylic acids is 2. The molecule has 0 aromatic heterocycles. The second-order valence-corrected chi connectivity index (χ2v) is 2.06. The van der Waals surface area contributed by atoms with E-state index in [1.54, 1.807) is 6.92 Å². The number of hydrogen-bond acceptors (Lipinski definition) is 3. The minimum Gasteiger partial charge on any atom is -0.324 e. The van der Waals surface area contributed by atoms with Gasteiger partial charge in [0.2, 0.25) is 0 Å². The molecule has 1 unspecified atom stereocenters. The van der Waals surface area contributed by atoms with Crippen molar-refractivity contribution in [2.45, 2.75) is 33.2 Å². The summed E-state index contributed by atoms with van der Waals surface area (Å²) >= 11 is 0. The average molecular weight is 174 g/mol. The smallest absolute Gasteiger partial charge is 0.324 e. The topological polar surface area (TPSA) is 69.6 Å². The van der Waals surface area contributed by atoms with Crippen LogP contribution in [0, 0.1) is 0 Å². The fourth-order valence-corrected chi connectivity index (χ4v) is 0.796. The Kier molecular flexibility index (Phi) is 4.28. The van der Waals surface area contributed by atoms with E-state index in [2.05, 4.69) is 5.32 Å². The molecule has 3 amide bonds. The largest absolute Gasteiger partial charge is 0.349 e. The summed E-state index contributed by atoms with van der Waals surface area (Å²) in [6, 6.07) is -1.28. The van der Waals surface area contributed by atoms with Crippen molar-refractivity contribution >= 4 is 11.9 Å². The lowest BCUT2D eigenvalue weighted by atomic mass is 10.2. The van der Waals surface area contributed by atoms with Gasteiger partial charge in [-0.05, 0) is 6.42 Å². The van der Waals surface area contributed by atoms with Gasteiger partial charge in [0.15, 0.2) is 0 Å². The molecule has 0 bridgehead atoms. The van der Waals surface area contributed by atoms with Gasteiger partial charge in [-0.25, -0.2) is 4.79 Å². The highest BCUT2D eigenvalue weighted by Gasteiger charge is 2.35. The molecule has 1 rings (SSSR count). The maximum atomic E-state index is 10.7. The lowest BCUT2D eigenvalue weighted by Gasteiger charge is -2.00. The summed E-state index contributed by atoms with van der Waals surface area (Å²) in [6.45, 7) is 5.75. The summed E-state index contributed by atoms with van der Waals surface area (Å²) in [5.41, 5.74) is 0.